The fraction of sp³-hybridized carbons (Fsp3) is 0.294. The molecule has 1 nitrogen and oxygen atoms in total. The number of hydrogen-bond acceptors (Lipinski definition) is 1. The van der Waals surface area contributed by atoms with Crippen LogP contribution >= 0.6 is 15.9 Å². The second-order valence-electron chi connectivity index (χ2n) is 5.43. The molecule has 2 aromatic rings. The molecule has 0 amide bonds. The first-order valence-electron chi connectivity index (χ1n) is 6.94. The SMILES string of the molecule is Fc1ccc(CNC2CC(c3cccc(Br)c3)C2)cc1. The first-order valence-corrected chi connectivity index (χ1v) is 7.73. The third-order valence-corrected chi connectivity index (χ3v) is 4.46. The Bertz CT molecular complexity index is 576. The molecule has 0 radical (unpaired) electrons. The molecule has 0 aromatic heterocycles. The molecule has 0 spiro atoms. The molecule has 0 saturated heterocycles. The predicted octanol–water partition coefficient (Wildman–Crippen LogP) is 4.62. The monoisotopic (exact) mass is 333 g/mol. The molecule has 1 aliphatic rings. The van der Waals surface area contributed by atoms with E-state index in [1.165, 1.54) is 30.5 Å². The van der Waals surface area contributed by atoms with Gasteiger partial charge in [0.05, 0.1) is 0 Å². The fourth-order valence-corrected chi connectivity index (χ4v) is 3.10. The van der Waals surface area contributed by atoms with E-state index in [2.05, 4.69) is 45.5 Å². The van der Waals surface area contributed by atoms with Crippen molar-refractivity contribution in [3.63, 3.8) is 0 Å². The minimum atomic E-state index is -0.174. The summed E-state index contributed by atoms with van der Waals surface area (Å²) in [5, 5.41) is 3.54. The Kier molecular flexibility index (Phi) is 4.18. The highest BCUT2D eigenvalue weighted by atomic mass is 79.9. The van der Waals surface area contributed by atoms with Crippen LogP contribution in [0.2, 0.25) is 0 Å². The van der Waals surface area contributed by atoms with Gasteiger partial charge in [-0.25, -0.2) is 4.39 Å². The van der Waals surface area contributed by atoms with Gasteiger partial charge in [0.15, 0.2) is 0 Å². The van der Waals surface area contributed by atoms with E-state index in [9.17, 15) is 4.39 Å². The van der Waals surface area contributed by atoms with Gasteiger partial charge in [-0.1, -0.05) is 40.2 Å². The molecule has 0 heterocycles. The van der Waals surface area contributed by atoms with E-state index >= 15 is 0 Å². The normalized spacial score (nSPS) is 21.5. The lowest BCUT2D eigenvalue weighted by Gasteiger charge is -2.36. The average Bonchev–Trinajstić information content (AvgIpc) is 2.39. The summed E-state index contributed by atoms with van der Waals surface area (Å²) in [5.41, 5.74) is 2.55. The zero-order valence-corrected chi connectivity index (χ0v) is 12.7. The van der Waals surface area contributed by atoms with Crippen LogP contribution in [0, 0.1) is 5.82 Å². The van der Waals surface area contributed by atoms with Gasteiger partial charge in [-0.2, -0.15) is 0 Å². The summed E-state index contributed by atoms with van der Waals surface area (Å²) in [7, 11) is 0. The number of rotatable bonds is 4. The molecule has 1 fully saturated rings. The molecular weight excluding hydrogens is 317 g/mol. The van der Waals surface area contributed by atoms with Crippen LogP contribution in [0.4, 0.5) is 4.39 Å². The molecule has 0 unspecified atom stereocenters. The van der Waals surface area contributed by atoms with Crippen molar-refractivity contribution in [2.45, 2.75) is 31.3 Å². The molecular formula is C17H17BrFN. The Morgan fingerprint density at radius 2 is 1.85 bits per heavy atom. The largest absolute Gasteiger partial charge is 0.310 e. The molecule has 3 rings (SSSR count). The van der Waals surface area contributed by atoms with Crippen LogP contribution in [0.1, 0.15) is 29.9 Å². The Hall–Kier alpha value is -1.19. The molecule has 20 heavy (non-hydrogen) atoms. The molecule has 3 heteroatoms. The number of nitrogens with one attached hydrogen (secondary N) is 1. The molecule has 1 saturated carbocycles. The van der Waals surface area contributed by atoms with Crippen molar-refractivity contribution < 1.29 is 4.39 Å². The number of halogens is 2. The molecule has 1 aliphatic carbocycles. The van der Waals surface area contributed by atoms with Crippen LogP contribution in [-0.4, -0.2) is 6.04 Å². The summed E-state index contributed by atoms with van der Waals surface area (Å²) in [6, 6.07) is 15.9. The van der Waals surface area contributed by atoms with Crippen molar-refractivity contribution in [1.82, 2.24) is 5.32 Å². The Morgan fingerprint density at radius 3 is 2.55 bits per heavy atom. The maximum absolute atomic E-state index is 12.8. The van der Waals surface area contributed by atoms with Gasteiger partial charge in [0.25, 0.3) is 0 Å². The van der Waals surface area contributed by atoms with Gasteiger partial charge in [0.1, 0.15) is 5.82 Å². The lowest BCUT2D eigenvalue weighted by molar-refractivity contribution is 0.289. The third kappa shape index (κ3) is 3.28. The maximum Gasteiger partial charge on any atom is 0.123 e. The van der Waals surface area contributed by atoms with Crippen molar-refractivity contribution in [1.29, 1.82) is 0 Å². The Morgan fingerprint density at radius 1 is 1.10 bits per heavy atom. The summed E-state index contributed by atoms with van der Waals surface area (Å²) in [5.74, 6) is 0.491. The van der Waals surface area contributed by atoms with Gasteiger partial charge in [-0.05, 0) is 54.2 Å². The lowest BCUT2D eigenvalue weighted by atomic mass is 9.76. The maximum atomic E-state index is 12.8. The lowest BCUT2D eigenvalue weighted by Crippen LogP contribution is -2.39. The smallest absolute Gasteiger partial charge is 0.123 e. The Balaban J connectivity index is 1.48. The average molecular weight is 334 g/mol. The topological polar surface area (TPSA) is 12.0 Å². The van der Waals surface area contributed by atoms with E-state index in [4.69, 9.17) is 0 Å². The second kappa shape index (κ2) is 6.06. The van der Waals surface area contributed by atoms with E-state index in [-0.39, 0.29) is 5.82 Å². The highest BCUT2D eigenvalue weighted by Crippen LogP contribution is 2.37. The van der Waals surface area contributed by atoms with Gasteiger partial charge in [-0.3, -0.25) is 0 Å². The van der Waals surface area contributed by atoms with Crippen LogP contribution in [0.15, 0.2) is 53.0 Å². The number of benzene rings is 2. The van der Waals surface area contributed by atoms with E-state index in [0.717, 1.165) is 16.6 Å². The van der Waals surface area contributed by atoms with Crippen molar-refractivity contribution >= 4 is 15.9 Å². The summed E-state index contributed by atoms with van der Waals surface area (Å²) in [4.78, 5) is 0. The van der Waals surface area contributed by atoms with Crippen LogP contribution in [0.5, 0.6) is 0 Å². The highest BCUT2D eigenvalue weighted by Gasteiger charge is 2.29. The molecule has 0 aliphatic heterocycles. The van der Waals surface area contributed by atoms with Gasteiger partial charge in [-0.15, -0.1) is 0 Å². The van der Waals surface area contributed by atoms with Crippen LogP contribution in [0.25, 0.3) is 0 Å². The fourth-order valence-electron chi connectivity index (χ4n) is 2.68. The van der Waals surface area contributed by atoms with Gasteiger partial charge in [0.2, 0.25) is 0 Å². The predicted molar refractivity (Wildman–Crippen MR) is 83.1 cm³/mol. The molecule has 0 bridgehead atoms. The summed E-state index contributed by atoms with van der Waals surface area (Å²) in [6.07, 6.45) is 2.36. The van der Waals surface area contributed by atoms with Crippen molar-refractivity contribution in [2.24, 2.45) is 0 Å². The standard InChI is InChI=1S/C17H17BrFN/c18-15-3-1-2-13(8-15)14-9-17(10-14)20-11-12-4-6-16(19)7-5-12/h1-8,14,17,20H,9-11H2. The van der Waals surface area contributed by atoms with Crippen molar-refractivity contribution in [3.8, 4) is 0 Å². The first-order chi connectivity index (χ1) is 9.70. The van der Waals surface area contributed by atoms with Gasteiger partial charge < -0.3 is 5.32 Å². The van der Waals surface area contributed by atoms with Gasteiger partial charge >= 0.3 is 0 Å². The van der Waals surface area contributed by atoms with E-state index < -0.39 is 0 Å². The zero-order valence-electron chi connectivity index (χ0n) is 11.2. The molecule has 1 N–H and O–H groups in total. The zero-order chi connectivity index (χ0) is 13.9. The Labute approximate surface area is 127 Å². The van der Waals surface area contributed by atoms with Crippen LogP contribution < -0.4 is 5.32 Å². The summed E-state index contributed by atoms with van der Waals surface area (Å²) in [6.45, 7) is 0.816. The van der Waals surface area contributed by atoms with Crippen LogP contribution in [0.3, 0.4) is 0 Å². The number of hydrogen-bond donors (Lipinski definition) is 1. The summed E-state index contributed by atoms with van der Waals surface area (Å²) < 4.78 is 14.0. The van der Waals surface area contributed by atoms with Crippen LogP contribution in [-0.2, 0) is 6.54 Å². The minimum Gasteiger partial charge on any atom is -0.310 e. The first kappa shape index (κ1) is 13.8. The highest BCUT2D eigenvalue weighted by molar-refractivity contribution is 9.10. The van der Waals surface area contributed by atoms with E-state index in [1.54, 1.807) is 0 Å². The van der Waals surface area contributed by atoms with Gasteiger partial charge in [0, 0.05) is 17.1 Å². The van der Waals surface area contributed by atoms with E-state index in [0.29, 0.717) is 12.0 Å². The quantitative estimate of drug-likeness (QED) is 0.860. The summed E-state index contributed by atoms with van der Waals surface area (Å²) >= 11 is 3.52. The van der Waals surface area contributed by atoms with E-state index in [1.807, 2.05) is 12.1 Å². The molecule has 0 atom stereocenters. The molecule has 104 valence electrons. The van der Waals surface area contributed by atoms with Crippen molar-refractivity contribution in [2.75, 3.05) is 0 Å². The third-order valence-electron chi connectivity index (χ3n) is 3.97. The second-order valence-corrected chi connectivity index (χ2v) is 6.34. The minimum absolute atomic E-state index is 0.174. The molecule has 2 aromatic carbocycles. The van der Waals surface area contributed by atoms with Crippen molar-refractivity contribution in [3.05, 3.63) is 69.9 Å².